The van der Waals surface area contributed by atoms with E-state index in [1.807, 2.05) is 0 Å². The summed E-state index contributed by atoms with van der Waals surface area (Å²) in [6.07, 6.45) is -4.40. The molecule has 0 spiro atoms. The molecule has 2 rings (SSSR count). The molecule has 1 aromatic heterocycles. The van der Waals surface area contributed by atoms with Crippen molar-refractivity contribution in [3.8, 4) is 0 Å². The number of halogens is 3. The van der Waals surface area contributed by atoms with Crippen LogP contribution in [0.15, 0.2) is 41.8 Å². The van der Waals surface area contributed by atoms with Crippen LogP contribution in [0.2, 0.25) is 0 Å². The van der Waals surface area contributed by atoms with Crippen molar-refractivity contribution >= 4 is 11.3 Å². The maximum atomic E-state index is 12.6. The Morgan fingerprint density at radius 1 is 1.06 bits per heavy atom. The van der Waals surface area contributed by atoms with Crippen molar-refractivity contribution in [2.75, 3.05) is 0 Å². The predicted molar refractivity (Wildman–Crippen MR) is 64.4 cm³/mol. The first kappa shape index (κ1) is 13.1. The van der Waals surface area contributed by atoms with Crippen molar-refractivity contribution in [3.63, 3.8) is 0 Å². The molecule has 0 saturated carbocycles. The van der Waals surface area contributed by atoms with Crippen molar-refractivity contribution in [1.82, 2.24) is 0 Å². The SMILES string of the molecule is CC(O)(c1cccc(C(F)(F)F)c1)c1cccs1. The smallest absolute Gasteiger partial charge is 0.380 e. The summed E-state index contributed by atoms with van der Waals surface area (Å²) in [6, 6.07) is 8.23. The predicted octanol–water partition coefficient (Wildman–Crippen LogP) is 4.02. The molecule has 0 aliphatic rings. The van der Waals surface area contributed by atoms with E-state index in [4.69, 9.17) is 0 Å². The molecular weight excluding hydrogens is 261 g/mol. The molecule has 0 aliphatic carbocycles. The lowest BCUT2D eigenvalue weighted by molar-refractivity contribution is -0.137. The third-order valence-corrected chi connectivity index (χ3v) is 3.83. The first-order chi connectivity index (χ1) is 8.32. The number of hydrogen-bond donors (Lipinski definition) is 1. The average molecular weight is 272 g/mol. The molecule has 5 heteroatoms. The number of aliphatic hydroxyl groups is 1. The van der Waals surface area contributed by atoms with E-state index in [1.165, 1.54) is 30.4 Å². The van der Waals surface area contributed by atoms with Crippen molar-refractivity contribution < 1.29 is 18.3 Å². The van der Waals surface area contributed by atoms with E-state index in [2.05, 4.69) is 0 Å². The minimum Gasteiger partial charge on any atom is -0.380 e. The fourth-order valence-electron chi connectivity index (χ4n) is 1.70. The van der Waals surface area contributed by atoms with Gasteiger partial charge >= 0.3 is 6.18 Å². The number of hydrogen-bond acceptors (Lipinski definition) is 2. The van der Waals surface area contributed by atoms with Crippen LogP contribution in [-0.2, 0) is 11.8 Å². The number of rotatable bonds is 2. The highest BCUT2D eigenvalue weighted by molar-refractivity contribution is 7.10. The van der Waals surface area contributed by atoms with Gasteiger partial charge in [0.2, 0.25) is 0 Å². The maximum absolute atomic E-state index is 12.6. The summed E-state index contributed by atoms with van der Waals surface area (Å²) in [5, 5.41) is 12.2. The van der Waals surface area contributed by atoms with Gasteiger partial charge in [-0.25, -0.2) is 0 Å². The maximum Gasteiger partial charge on any atom is 0.416 e. The van der Waals surface area contributed by atoms with Gasteiger partial charge in [0.05, 0.1) is 5.56 Å². The van der Waals surface area contributed by atoms with Gasteiger partial charge in [0.1, 0.15) is 5.60 Å². The molecule has 96 valence electrons. The summed E-state index contributed by atoms with van der Waals surface area (Å²) in [6.45, 7) is 1.49. The number of thiophene rings is 1. The highest BCUT2D eigenvalue weighted by atomic mass is 32.1. The van der Waals surface area contributed by atoms with Gasteiger partial charge in [-0.2, -0.15) is 13.2 Å². The zero-order chi connectivity index (χ0) is 13.4. The zero-order valence-corrected chi connectivity index (χ0v) is 10.3. The zero-order valence-electron chi connectivity index (χ0n) is 9.53. The molecule has 0 saturated heterocycles. The molecule has 1 aromatic carbocycles. The van der Waals surface area contributed by atoms with Crippen molar-refractivity contribution in [2.45, 2.75) is 18.7 Å². The number of benzene rings is 1. The standard InChI is InChI=1S/C13H11F3OS/c1-12(17,11-6-3-7-18-11)9-4-2-5-10(8-9)13(14,15)16/h2-8,17H,1H3. The van der Waals surface area contributed by atoms with Crippen molar-refractivity contribution in [2.24, 2.45) is 0 Å². The summed E-state index contributed by atoms with van der Waals surface area (Å²) in [7, 11) is 0. The number of alkyl halides is 3. The van der Waals surface area contributed by atoms with Gasteiger partial charge < -0.3 is 5.11 Å². The molecular formula is C13H11F3OS. The van der Waals surface area contributed by atoms with Gasteiger partial charge in [0.15, 0.2) is 0 Å². The first-order valence-corrected chi connectivity index (χ1v) is 6.14. The molecule has 1 nitrogen and oxygen atoms in total. The second-order valence-corrected chi connectivity index (χ2v) is 5.08. The van der Waals surface area contributed by atoms with E-state index in [0.717, 1.165) is 12.1 Å². The van der Waals surface area contributed by atoms with Crippen LogP contribution in [0.3, 0.4) is 0 Å². The first-order valence-electron chi connectivity index (χ1n) is 5.26. The third kappa shape index (κ3) is 2.42. The van der Waals surface area contributed by atoms with Gasteiger partial charge in [0.25, 0.3) is 0 Å². The van der Waals surface area contributed by atoms with Crippen LogP contribution < -0.4 is 0 Å². The van der Waals surface area contributed by atoms with Gasteiger partial charge in [-0.15, -0.1) is 11.3 Å². The van der Waals surface area contributed by atoms with Crippen molar-refractivity contribution in [3.05, 3.63) is 57.8 Å². The summed E-state index contributed by atoms with van der Waals surface area (Å²) in [5.74, 6) is 0. The van der Waals surface area contributed by atoms with E-state index in [0.29, 0.717) is 4.88 Å². The van der Waals surface area contributed by atoms with Gasteiger partial charge in [-0.3, -0.25) is 0 Å². The molecule has 18 heavy (non-hydrogen) atoms. The molecule has 1 N–H and O–H groups in total. The van der Waals surface area contributed by atoms with Crippen molar-refractivity contribution in [1.29, 1.82) is 0 Å². The Morgan fingerprint density at radius 2 is 1.72 bits per heavy atom. The lowest BCUT2D eigenvalue weighted by Gasteiger charge is -2.23. The summed E-state index contributed by atoms with van der Waals surface area (Å²) in [5.41, 5.74) is -1.92. The second kappa shape index (κ2) is 4.40. The van der Waals surface area contributed by atoms with Crippen LogP contribution >= 0.6 is 11.3 Å². The van der Waals surface area contributed by atoms with Gasteiger partial charge in [0, 0.05) is 4.88 Å². The molecule has 0 amide bonds. The molecule has 1 heterocycles. The fourth-order valence-corrected chi connectivity index (χ4v) is 2.50. The highest BCUT2D eigenvalue weighted by Gasteiger charge is 2.33. The van der Waals surface area contributed by atoms with Crippen LogP contribution in [0.4, 0.5) is 13.2 Å². The minimum absolute atomic E-state index is 0.236. The van der Waals surface area contributed by atoms with Crippen LogP contribution in [0, 0.1) is 0 Å². The normalized spacial score (nSPS) is 15.4. The monoisotopic (exact) mass is 272 g/mol. The Labute approximate surface area is 107 Å². The van der Waals surface area contributed by atoms with Crippen LogP contribution in [-0.4, -0.2) is 5.11 Å². The van der Waals surface area contributed by atoms with Gasteiger partial charge in [-0.05, 0) is 36.1 Å². The lowest BCUT2D eigenvalue weighted by Crippen LogP contribution is -2.22. The van der Waals surface area contributed by atoms with Gasteiger partial charge in [-0.1, -0.05) is 18.2 Å². The lowest BCUT2D eigenvalue weighted by atomic mass is 9.93. The van der Waals surface area contributed by atoms with E-state index in [1.54, 1.807) is 17.5 Å². The molecule has 0 aliphatic heterocycles. The minimum atomic E-state index is -4.40. The second-order valence-electron chi connectivity index (χ2n) is 4.13. The largest absolute Gasteiger partial charge is 0.416 e. The van der Waals surface area contributed by atoms with E-state index in [-0.39, 0.29) is 5.56 Å². The van der Waals surface area contributed by atoms with E-state index < -0.39 is 17.3 Å². The summed E-state index contributed by atoms with van der Waals surface area (Å²) in [4.78, 5) is 0.613. The Bertz CT molecular complexity index is 529. The Hall–Kier alpha value is -1.33. The topological polar surface area (TPSA) is 20.2 Å². The molecule has 0 radical (unpaired) electrons. The Balaban J connectivity index is 2.46. The van der Waals surface area contributed by atoms with Crippen LogP contribution in [0.25, 0.3) is 0 Å². The Morgan fingerprint density at radius 3 is 2.28 bits per heavy atom. The molecule has 0 fully saturated rings. The third-order valence-electron chi connectivity index (χ3n) is 2.75. The molecule has 1 unspecified atom stereocenters. The van der Waals surface area contributed by atoms with Crippen LogP contribution in [0.5, 0.6) is 0 Å². The molecule has 2 aromatic rings. The van der Waals surface area contributed by atoms with Crippen LogP contribution in [0.1, 0.15) is 22.9 Å². The molecule has 0 bridgehead atoms. The fraction of sp³-hybridized carbons (Fsp3) is 0.231. The summed E-state index contributed by atoms with van der Waals surface area (Å²) >= 11 is 1.31. The summed E-state index contributed by atoms with van der Waals surface area (Å²) < 4.78 is 37.9. The van der Waals surface area contributed by atoms with E-state index >= 15 is 0 Å². The average Bonchev–Trinajstić information content (AvgIpc) is 2.82. The highest BCUT2D eigenvalue weighted by Crippen LogP contribution is 2.36. The van der Waals surface area contributed by atoms with E-state index in [9.17, 15) is 18.3 Å². The Kier molecular flexibility index (Phi) is 3.21. The quantitative estimate of drug-likeness (QED) is 0.875. The molecule has 1 atom stereocenters.